The predicted molar refractivity (Wildman–Crippen MR) is 85.2 cm³/mol. The zero-order valence-corrected chi connectivity index (χ0v) is 12.0. The summed E-state index contributed by atoms with van der Waals surface area (Å²) in [6.45, 7) is 13.6. The summed E-state index contributed by atoms with van der Waals surface area (Å²) in [5, 5.41) is 9.58. The topological polar surface area (TPSA) is 28.1 Å². The zero-order chi connectivity index (χ0) is 15.3. The van der Waals surface area contributed by atoms with Gasteiger partial charge in [0.2, 0.25) is 0 Å². The highest BCUT2D eigenvalue weighted by Gasteiger charge is 2.39. The van der Waals surface area contributed by atoms with E-state index in [1.165, 1.54) is 0 Å². The van der Waals surface area contributed by atoms with Crippen molar-refractivity contribution in [1.82, 2.24) is 0 Å². The van der Waals surface area contributed by atoms with Gasteiger partial charge >= 0.3 is 5.54 Å². The number of hydrogen-bond donors (Lipinski definition) is 0. The first-order valence-corrected chi connectivity index (χ1v) is 6.71. The molecule has 2 aromatic carbocycles. The van der Waals surface area contributed by atoms with Crippen LogP contribution < -0.4 is 0 Å². The highest BCUT2D eigenvalue weighted by Crippen LogP contribution is 2.35. The molecule has 0 aromatic heterocycles. The third-order valence-corrected chi connectivity index (χ3v) is 3.52. The van der Waals surface area contributed by atoms with E-state index in [1.807, 2.05) is 61.5 Å². The van der Waals surface area contributed by atoms with E-state index in [-0.39, 0.29) is 0 Å². The van der Waals surface area contributed by atoms with E-state index in [2.05, 4.69) is 17.5 Å². The van der Waals surface area contributed by atoms with Crippen molar-refractivity contribution in [3.8, 4) is 6.07 Å². The van der Waals surface area contributed by atoms with Gasteiger partial charge in [0.05, 0.1) is 12.0 Å². The molecule has 0 aliphatic carbocycles. The van der Waals surface area contributed by atoms with Crippen LogP contribution in [0.25, 0.3) is 10.4 Å². The van der Waals surface area contributed by atoms with Crippen LogP contribution in [0, 0.1) is 24.8 Å². The second-order valence-corrected chi connectivity index (χ2v) is 5.10. The Morgan fingerprint density at radius 1 is 1.24 bits per heavy atom. The summed E-state index contributed by atoms with van der Waals surface area (Å²) in [6.07, 6.45) is 0.306. The number of hydrogen-bond acceptors (Lipinski definition) is 1. The molecular weight excluding hydrogens is 256 g/mol. The van der Waals surface area contributed by atoms with Crippen LogP contribution in [0.2, 0.25) is 0 Å². The Balaban J connectivity index is 2.36. The smallest absolute Gasteiger partial charge is 0.288 e. The number of nitrogens with zero attached hydrogens (tertiary/aromatic N) is 2. The molecule has 0 aliphatic rings. The van der Waals surface area contributed by atoms with E-state index in [4.69, 9.17) is 6.57 Å². The van der Waals surface area contributed by atoms with Crippen molar-refractivity contribution in [2.45, 2.75) is 18.9 Å². The molecule has 2 rings (SSSR count). The van der Waals surface area contributed by atoms with E-state index in [0.717, 1.165) is 22.3 Å². The van der Waals surface area contributed by atoms with Crippen LogP contribution in [-0.2, 0) is 5.54 Å². The van der Waals surface area contributed by atoms with E-state index >= 15 is 0 Å². The summed E-state index contributed by atoms with van der Waals surface area (Å²) in [6, 6.07) is 19.4. The van der Waals surface area contributed by atoms with Gasteiger partial charge < -0.3 is 0 Å². The van der Waals surface area contributed by atoms with Gasteiger partial charge in [-0.1, -0.05) is 54.6 Å². The molecular formula is C19H16N2. The summed E-state index contributed by atoms with van der Waals surface area (Å²) in [7, 11) is 0. The predicted octanol–water partition coefficient (Wildman–Crippen LogP) is 4.74. The second kappa shape index (κ2) is 6.07. The molecule has 0 radical (unpaired) electrons. The molecule has 0 fully saturated rings. The standard InChI is InChI=1S/C19H16N2/c1-15-8-7-9-17(12-15)16(2)13-19(14-20,21-3)18-10-5-4-6-11-18/h4-12H,2,13H2,1H3. The average Bonchev–Trinajstić information content (AvgIpc) is 2.53. The Labute approximate surface area is 125 Å². The van der Waals surface area contributed by atoms with Crippen LogP contribution in [0.4, 0.5) is 0 Å². The first-order valence-electron chi connectivity index (χ1n) is 6.71. The van der Waals surface area contributed by atoms with Gasteiger partial charge in [-0.3, -0.25) is 4.85 Å². The summed E-state index contributed by atoms with van der Waals surface area (Å²) in [5.74, 6) is 0. The Kier molecular flexibility index (Phi) is 4.21. The van der Waals surface area contributed by atoms with Gasteiger partial charge in [-0.05, 0) is 30.2 Å². The average molecular weight is 272 g/mol. The lowest BCUT2D eigenvalue weighted by Crippen LogP contribution is -2.19. The van der Waals surface area contributed by atoms with Gasteiger partial charge in [0.25, 0.3) is 0 Å². The lowest BCUT2D eigenvalue weighted by Gasteiger charge is -2.16. The quantitative estimate of drug-likeness (QED) is 0.739. The molecule has 0 aliphatic heterocycles. The van der Waals surface area contributed by atoms with Crippen molar-refractivity contribution in [3.63, 3.8) is 0 Å². The molecule has 21 heavy (non-hydrogen) atoms. The summed E-state index contributed by atoms with van der Waals surface area (Å²) in [5.41, 5.74) is 2.44. The summed E-state index contributed by atoms with van der Waals surface area (Å²) < 4.78 is 0. The molecule has 102 valence electrons. The molecule has 0 saturated heterocycles. The second-order valence-electron chi connectivity index (χ2n) is 5.10. The van der Waals surface area contributed by atoms with E-state index in [9.17, 15) is 5.26 Å². The van der Waals surface area contributed by atoms with Crippen LogP contribution in [0.1, 0.15) is 23.1 Å². The molecule has 1 unspecified atom stereocenters. The van der Waals surface area contributed by atoms with Gasteiger partial charge in [-0.15, -0.1) is 0 Å². The van der Waals surface area contributed by atoms with E-state index in [0.29, 0.717) is 6.42 Å². The third kappa shape index (κ3) is 3.02. The first kappa shape index (κ1) is 14.6. The van der Waals surface area contributed by atoms with Gasteiger partial charge in [0.15, 0.2) is 6.07 Å². The molecule has 2 heteroatoms. The summed E-state index contributed by atoms with van der Waals surface area (Å²) >= 11 is 0. The Morgan fingerprint density at radius 2 is 1.95 bits per heavy atom. The minimum Gasteiger partial charge on any atom is -0.288 e. The molecule has 0 N–H and O–H groups in total. The summed E-state index contributed by atoms with van der Waals surface area (Å²) in [4.78, 5) is 3.62. The first-order chi connectivity index (χ1) is 10.1. The maximum atomic E-state index is 9.58. The minimum atomic E-state index is -1.21. The van der Waals surface area contributed by atoms with Crippen LogP contribution in [0.3, 0.4) is 0 Å². The van der Waals surface area contributed by atoms with Crippen molar-refractivity contribution in [1.29, 1.82) is 5.26 Å². The molecule has 2 nitrogen and oxygen atoms in total. The van der Waals surface area contributed by atoms with Crippen LogP contribution in [-0.4, -0.2) is 0 Å². The lowest BCUT2D eigenvalue weighted by atomic mass is 9.84. The Morgan fingerprint density at radius 3 is 2.52 bits per heavy atom. The number of aryl methyl sites for hydroxylation is 1. The lowest BCUT2D eigenvalue weighted by molar-refractivity contribution is 0.703. The highest BCUT2D eigenvalue weighted by molar-refractivity contribution is 5.66. The van der Waals surface area contributed by atoms with Gasteiger partial charge in [0.1, 0.15) is 0 Å². The molecule has 0 spiro atoms. The van der Waals surface area contributed by atoms with E-state index in [1.54, 1.807) is 0 Å². The molecule has 2 aromatic rings. The van der Waals surface area contributed by atoms with E-state index < -0.39 is 5.54 Å². The molecule has 0 bridgehead atoms. The fourth-order valence-electron chi connectivity index (χ4n) is 2.32. The van der Waals surface area contributed by atoms with Gasteiger partial charge in [-0.25, -0.2) is 6.57 Å². The van der Waals surface area contributed by atoms with Crippen molar-refractivity contribution in [3.05, 3.63) is 89.3 Å². The van der Waals surface area contributed by atoms with Crippen LogP contribution in [0.15, 0.2) is 61.2 Å². The number of nitriles is 1. The van der Waals surface area contributed by atoms with Gasteiger partial charge in [-0.2, -0.15) is 5.26 Å². The van der Waals surface area contributed by atoms with Crippen LogP contribution in [0.5, 0.6) is 0 Å². The third-order valence-electron chi connectivity index (χ3n) is 3.52. The maximum absolute atomic E-state index is 9.58. The molecule has 0 amide bonds. The van der Waals surface area contributed by atoms with Crippen molar-refractivity contribution in [2.24, 2.45) is 0 Å². The highest BCUT2D eigenvalue weighted by atomic mass is 14.8. The fourth-order valence-corrected chi connectivity index (χ4v) is 2.32. The number of benzene rings is 2. The fraction of sp³-hybridized carbons (Fsp3) is 0.158. The minimum absolute atomic E-state index is 0.306. The maximum Gasteiger partial charge on any atom is 0.344 e. The zero-order valence-electron chi connectivity index (χ0n) is 12.0. The normalized spacial score (nSPS) is 12.7. The van der Waals surface area contributed by atoms with Gasteiger partial charge in [0, 0.05) is 0 Å². The monoisotopic (exact) mass is 272 g/mol. The Bertz CT molecular complexity index is 716. The van der Waals surface area contributed by atoms with Crippen molar-refractivity contribution >= 4 is 5.57 Å². The van der Waals surface area contributed by atoms with Crippen molar-refractivity contribution in [2.75, 3.05) is 0 Å². The largest absolute Gasteiger partial charge is 0.344 e. The molecule has 0 heterocycles. The molecule has 0 saturated carbocycles. The van der Waals surface area contributed by atoms with Crippen molar-refractivity contribution < 1.29 is 0 Å². The SMILES string of the molecule is [C-]#[N+]C(C#N)(CC(=C)c1cccc(C)c1)c1ccccc1. The number of rotatable bonds is 4. The van der Waals surface area contributed by atoms with Crippen LogP contribution >= 0.6 is 0 Å². The Hall–Kier alpha value is -2.84. The molecule has 1 atom stereocenters.